The molecule has 1 N–H and O–H groups in total. The van der Waals surface area contributed by atoms with Crippen LogP contribution in [-0.4, -0.2) is 32.2 Å². The Morgan fingerprint density at radius 2 is 1.77 bits per heavy atom. The van der Waals surface area contributed by atoms with Crippen LogP contribution in [0, 0.1) is 19.7 Å². The van der Waals surface area contributed by atoms with E-state index in [1.165, 1.54) is 19.2 Å². The van der Waals surface area contributed by atoms with Crippen molar-refractivity contribution < 1.29 is 28.2 Å². The number of rotatable bonds is 9. The summed E-state index contributed by atoms with van der Waals surface area (Å²) in [6, 6.07) is 15.8. The van der Waals surface area contributed by atoms with E-state index >= 15 is 0 Å². The number of nitrogens with one attached hydrogen (secondary N) is 1. The predicted octanol–water partition coefficient (Wildman–Crippen LogP) is 6.22. The van der Waals surface area contributed by atoms with E-state index < -0.39 is 11.4 Å². The van der Waals surface area contributed by atoms with Gasteiger partial charge in [-0.05, 0) is 68.5 Å². The first-order valence-electron chi connectivity index (χ1n) is 13.0. The van der Waals surface area contributed by atoms with Gasteiger partial charge < -0.3 is 19.5 Å². The van der Waals surface area contributed by atoms with Crippen molar-refractivity contribution in [2.24, 2.45) is 0 Å². The normalized spacial score (nSPS) is 14.5. The first-order valence-corrected chi connectivity index (χ1v) is 13.3. The quantitative estimate of drug-likeness (QED) is 0.319. The average Bonchev–Trinajstić information content (AvgIpc) is 2.91. The van der Waals surface area contributed by atoms with Gasteiger partial charge in [0.15, 0.2) is 0 Å². The van der Waals surface area contributed by atoms with Crippen molar-refractivity contribution in [3.8, 4) is 5.75 Å². The Balaban J connectivity index is 1.66. The molecule has 4 rings (SSSR count). The molecule has 0 radical (unpaired) electrons. The van der Waals surface area contributed by atoms with Gasteiger partial charge in [0, 0.05) is 30.8 Å². The van der Waals surface area contributed by atoms with E-state index in [2.05, 4.69) is 23.5 Å². The zero-order chi connectivity index (χ0) is 28.0. The Hall–Kier alpha value is -3.42. The van der Waals surface area contributed by atoms with E-state index in [0.29, 0.717) is 49.4 Å². The first-order chi connectivity index (χ1) is 18.7. The molecule has 0 atom stereocenters. The summed E-state index contributed by atoms with van der Waals surface area (Å²) in [4.78, 5) is 25.8. The number of esters is 1. The molecule has 0 spiro atoms. The van der Waals surface area contributed by atoms with E-state index in [0.717, 1.165) is 16.7 Å². The highest BCUT2D eigenvalue weighted by Crippen LogP contribution is 2.34. The Labute approximate surface area is 233 Å². The maximum atomic E-state index is 14.3. The molecule has 39 heavy (non-hydrogen) atoms. The average molecular weight is 554 g/mol. The van der Waals surface area contributed by atoms with Gasteiger partial charge in [0.1, 0.15) is 18.2 Å². The van der Waals surface area contributed by atoms with E-state index in [4.69, 9.17) is 25.8 Å². The first kappa shape index (κ1) is 28.6. The molecule has 0 bridgehead atoms. The number of amides is 1. The largest absolute Gasteiger partial charge is 0.489 e. The highest BCUT2D eigenvalue weighted by atomic mass is 35.5. The lowest BCUT2D eigenvalue weighted by Crippen LogP contribution is -2.49. The standard InChI is InChI=1S/C31H33ClFNO5/c1-20-15-21(2)17-23(16-20)31(11-13-38-14-12-31)34-30(36)25-18-24(9-7-22(25)8-10-29(35)37-3)39-19-26-27(32)5-4-6-28(26)33/h4-7,9,15-18H,8,10-14,19H2,1-3H3,(H,34,36). The van der Waals surface area contributed by atoms with Crippen molar-refractivity contribution in [3.63, 3.8) is 0 Å². The summed E-state index contributed by atoms with van der Waals surface area (Å²) in [7, 11) is 1.33. The number of ether oxygens (including phenoxy) is 3. The molecule has 0 saturated carbocycles. The SMILES string of the molecule is COC(=O)CCc1ccc(OCc2c(F)cccc2Cl)cc1C(=O)NC1(c2cc(C)cc(C)c2)CCOCC1. The summed E-state index contributed by atoms with van der Waals surface area (Å²) in [5.41, 5.74) is 3.95. The van der Waals surface area contributed by atoms with Crippen molar-refractivity contribution in [2.75, 3.05) is 20.3 Å². The van der Waals surface area contributed by atoms with Crippen molar-refractivity contribution >= 4 is 23.5 Å². The molecule has 0 aliphatic carbocycles. The summed E-state index contributed by atoms with van der Waals surface area (Å²) in [5.74, 6) is -0.740. The Bertz CT molecular complexity index is 1310. The second-order valence-corrected chi connectivity index (χ2v) is 10.3. The molecule has 8 heteroatoms. The van der Waals surface area contributed by atoms with E-state index in [1.54, 1.807) is 24.3 Å². The Kier molecular flexibility index (Phi) is 9.25. The number of hydrogen-bond donors (Lipinski definition) is 1. The summed E-state index contributed by atoms with van der Waals surface area (Å²) >= 11 is 6.15. The molecule has 1 amide bonds. The molecular weight excluding hydrogens is 521 g/mol. The van der Waals surface area contributed by atoms with E-state index in [-0.39, 0.29) is 35.5 Å². The number of carbonyl (C=O) groups is 2. The van der Waals surface area contributed by atoms with E-state index in [1.807, 2.05) is 13.8 Å². The summed E-state index contributed by atoms with van der Waals surface area (Å²) < 4.78 is 30.6. The van der Waals surface area contributed by atoms with Crippen molar-refractivity contribution in [2.45, 2.75) is 51.7 Å². The summed E-state index contributed by atoms with van der Waals surface area (Å²) in [6.07, 6.45) is 1.69. The fourth-order valence-electron chi connectivity index (χ4n) is 4.98. The van der Waals surface area contributed by atoms with Crippen LogP contribution >= 0.6 is 11.6 Å². The lowest BCUT2D eigenvalue weighted by Gasteiger charge is -2.39. The molecule has 3 aromatic carbocycles. The smallest absolute Gasteiger partial charge is 0.305 e. The van der Waals surface area contributed by atoms with Crippen LogP contribution in [-0.2, 0) is 32.8 Å². The highest BCUT2D eigenvalue weighted by molar-refractivity contribution is 6.31. The molecule has 1 heterocycles. The van der Waals surface area contributed by atoms with Gasteiger partial charge in [0.2, 0.25) is 0 Å². The lowest BCUT2D eigenvalue weighted by molar-refractivity contribution is -0.140. The van der Waals surface area contributed by atoms with Crippen LogP contribution in [0.3, 0.4) is 0 Å². The molecular formula is C31H33ClFNO5. The fraction of sp³-hybridized carbons (Fsp3) is 0.355. The van der Waals surface area contributed by atoms with E-state index in [9.17, 15) is 14.0 Å². The summed E-state index contributed by atoms with van der Waals surface area (Å²) in [6.45, 7) is 5.03. The molecule has 1 saturated heterocycles. The number of aryl methyl sites for hydroxylation is 3. The minimum atomic E-state index is -0.608. The van der Waals surface area contributed by atoms with Gasteiger partial charge in [-0.2, -0.15) is 0 Å². The molecule has 1 fully saturated rings. The van der Waals surface area contributed by atoms with Crippen LogP contribution in [0.4, 0.5) is 4.39 Å². The van der Waals surface area contributed by atoms with Gasteiger partial charge >= 0.3 is 5.97 Å². The van der Waals surface area contributed by atoms with Crippen LogP contribution < -0.4 is 10.1 Å². The van der Waals surface area contributed by atoms with Crippen LogP contribution in [0.5, 0.6) is 5.75 Å². The van der Waals surface area contributed by atoms with Crippen LogP contribution in [0.15, 0.2) is 54.6 Å². The predicted molar refractivity (Wildman–Crippen MR) is 148 cm³/mol. The minimum Gasteiger partial charge on any atom is -0.489 e. The fourth-order valence-corrected chi connectivity index (χ4v) is 5.20. The zero-order valence-corrected chi connectivity index (χ0v) is 23.2. The number of halogens is 2. The second-order valence-electron chi connectivity index (χ2n) is 9.91. The molecule has 6 nitrogen and oxygen atoms in total. The maximum Gasteiger partial charge on any atom is 0.305 e. The van der Waals surface area contributed by atoms with Gasteiger partial charge in [-0.25, -0.2) is 4.39 Å². The summed E-state index contributed by atoms with van der Waals surface area (Å²) in [5, 5.41) is 3.57. The van der Waals surface area contributed by atoms with Crippen molar-refractivity contribution in [3.05, 3.63) is 98.8 Å². The van der Waals surface area contributed by atoms with Gasteiger partial charge in [0.05, 0.1) is 17.7 Å². The van der Waals surface area contributed by atoms with Crippen molar-refractivity contribution in [1.29, 1.82) is 0 Å². The second kappa shape index (κ2) is 12.6. The Morgan fingerprint density at radius 1 is 1.05 bits per heavy atom. The molecule has 0 aromatic heterocycles. The molecule has 1 aliphatic rings. The number of methoxy groups -OCH3 is 1. The van der Waals surface area contributed by atoms with Crippen molar-refractivity contribution in [1.82, 2.24) is 5.32 Å². The molecule has 3 aromatic rings. The maximum absolute atomic E-state index is 14.3. The number of carbonyl (C=O) groups excluding carboxylic acids is 2. The van der Waals surface area contributed by atoms with Gasteiger partial charge in [0.25, 0.3) is 5.91 Å². The topological polar surface area (TPSA) is 73.9 Å². The van der Waals surface area contributed by atoms with Gasteiger partial charge in [-0.3, -0.25) is 9.59 Å². The zero-order valence-electron chi connectivity index (χ0n) is 22.4. The third-order valence-corrected chi connectivity index (χ3v) is 7.42. The monoisotopic (exact) mass is 553 g/mol. The molecule has 206 valence electrons. The molecule has 1 aliphatic heterocycles. The van der Waals surface area contributed by atoms with Gasteiger partial charge in [-0.1, -0.05) is 53.1 Å². The van der Waals surface area contributed by atoms with Crippen LogP contribution in [0.2, 0.25) is 5.02 Å². The molecule has 0 unspecified atom stereocenters. The van der Waals surface area contributed by atoms with Crippen LogP contribution in [0.25, 0.3) is 0 Å². The third-order valence-electron chi connectivity index (χ3n) is 7.07. The number of hydrogen-bond acceptors (Lipinski definition) is 5. The van der Waals surface area contributed by atoms with Crippen LogP contribution in [0.1, 0.15) is 57.4 Å². The highest BCUT2D eigenvalue weighted by Gasteiger charge is 2.37. The number of benzene rings is 3. The third kappa shape index (κ3) is 6.97. The van der Waals surface area contributed by atoms with Gasteiger partial charge in [-0.15, -0.1) is 0 Å². The minimum absolute atomic E-state index is 0.0993. The lowest BCUT2D eigenvalue weighted by atomic mass is 9.81. The Morgan fingerprint density at radius 3 is 2.44 bits per heavy atom.